The van der Waals surface area contributed by atoms with Crippen LogP contribution < -0.4 is 0 Å². The predicted molar refractivity (Wildman–Crippen MR) is 21.3 cm³/mol. The molecule has 0 aliphatic heterocycles. The van der Waals surface area contributed by atoms with E-state index in [0.717, 1.165) is 0 Å². The Morgan fingerprint density at radius 1 is 1.00 bits per heavy atom. The van der Waals surface area contributed by atoms with Crippen LogP contribution in [0.25, 0.3) is 0 Å². The summed E-state index contributed by atoms with van der Waals surface area (Å²) in [6.45, 7) is 0. The quantitative estimate of drug-likeness (QED) is 0.361. The first-order valence-corrected chi connectivity index (χ1v) is 0. The molecule has 0 fully saturated rings. The second-order valence-electron chi connectivity index (χ2n) is 0. The number of rotatable bonds is 0. The Labute approximate surface area is 61.9 Å². The first-order chi connectivity index (χ1) is 0. The molecule has 0 bridgehead atoms. The van der Waals surface area contributed by atoms with Crippen LogP contribution in [0.3, 0.4) is 0 Å². The summed E-state index contributed by atoms with van der Waals surface area (Å²) in [6, 6.07) is 0. The van der Waals surface area contributed by atoms with E-state index in [4.69, 9.17) is 0 Å². The molecule has 0 heterocycles. The van der Waals surface area contributed by atoms with Gasteiger partial charge in [0.05, 0.1) is 0 Å². The molecule has 2 radical (unpaired) electrons. The molecule has 0 N–H and O–H groups in total. The maximum Gasteiger partial charge on any atom is 0.187 e. The van der Waals surface area contributed by atoms with E-state index in [1.54, 1.807) is 0 Å². The van der Waals surface area contributed by atoms with Gasteiger partial charge in [0.15, 0.2) is 17.4 Å². The van der Waals surface area contributed by atoms with Crippen molar-refractivity contribution in [2.45, 2.75) is 0 Å². The van der Waals surface area contributed by atoms with Crippen molar-refractivity contribution in [2.24, 2.45) is 0 Å². The van der Waals surface area contributed by atoms with Gasteiger partial charge in [0, 0.05) is 33.8 Å². The summed E-state index contributed by atoms with van der Waals surface area (Å²) in [4.78, 5) is 0. The van der Waals surface area contributed by atoms with E-state index in [9.17, 15) is 0 Å². The van der Waals surface area contributed by atoms with E-state index in [-0.39, 0.29) is 62.2 Å². The molecular formula is H7AlCoCuSi. The van der Waals surface area contributed by atoms with Crippen molar-refractivity contribution in [3.8, 4) is 0 Å². The van der Waals surface area contributed by atoms with Crippen molar-refractivity contribution in [3.05, 3.63) is 0 Å². The molecule has 0 aromatic carbocycles. The van der Waals surface area contributed by atoms with Crippen LogP contribution in [0.15, 0.2) is 0 Å². The number of hydrogen-bond acceptors (Lipinski definition) is 0. The zero-order valence-corrected chi connectivity index (χ0v) is 2.62. The second-order valence-corrected chi connectivity index (χ2v) is 0. The molecule has 0 atom stereocenters. The fourth-order valence-electron chi connectivity index (χ4n) is 0. The molecule has 0 saturated carbocycles. The van der Waals surface area contributed by atoms with Crippen molar-refractivity contribution >= 4 is 28.3 Å². The van der Waals surface area contributed by atoms with Crippen LogP contribution in [0.2, 0.25) is 0 Å². The molecule has 0 aromatic heterocycles. The third-order valence-corrected chi connectivity index (χ3v) is 0. The van der Waals surface area contributed by atoms with Crippen molar-refractivity contribution in [3.63, 3.8) is 0 Å². The maximum absolute atomic E-state index is 0. The molecule has 0 aliphatic rings. The molecule has 4 heteroatoms. The van der Waals surface area contributed by atoms with Gasteiger partial charge in [-0.25, -0.2) is 0 Å². The molecule has 0 nitrogen and oxygen atoms in total. The summed E-state index contributed by atoms with van der Waals surface area (Å²) in [5.74, 6) is 0. The van der Waals surface area contributed by atoms with E-state index in [1.807, 2.05) is 0 Å². The Morgan fingerprint density at radius 3 is 1.00 bits per heavy atom. The standard InChI is InChI=1S/Al.Co.Cu.H4Si.3H/h;;;1H4;;;. The molecule has 0 spiro atoms. The van der Waals surface area contributed by atoms with Crippen molar-refractivity contribution in [1.82, 2.24) is 0 Å². The largest absolute Gasteiger partial charge is 0.187 e. The van der Waals surface area contributed by atoms with Crippen molar-refractivity contribution in [1.29, 1.82) is 0 Å². The maximum atomic E-state index is 0. The first kappa shape index (κ1) is 41.8. The average molecular weight is 185 g/mol. The molecule has 4 heavy (non-hydrogen) atoms. The van der Waals surface area contributed by atoms with Crippen LogP contribution in [0, 0.1) is 0 Å². The Kier molecular flexibility index (Phi) is 226. The Balaban J connectivity index is 0. The first-order valence-electron chi connectivity index (χ1n) is 0. The SMILES string of the molecule is [AlH3].[Co].[Cu].[SiH4]. The minimum Gasteiger partial charge on any atom is -0.0149 e. The van der Waals surface area contributed by atoms with E-state index in [2.05, 4.69) is 0 Å². The molecule has 0 aromatic rings. The normalized spacial score (nSPS) is 0. The molecule has 0 rings (SSSR count). The molecule has 0 unspecified atom stereocenters. The molecular weight excluding hydrogens is 178 g/mol. The van der Waals surface area contributed by atoms with Gasteiger partial charge in [-0.15, -0.1) is 0 Å². The summed E-state index contributed by atoms with van der Waals surface area (Å²) in [6.07, 6.45) is 0. The van der Waals surface area contributed by atoms with Crippen LogP contribution >= 0.6 is 0 Å². The fraction of sp³-hybridized carbons (Fsp3) is 0. The van der Waals surface area contributed by atoms with Crippen LogP contribution in [0.5, 0.6) is 0 Å². The topological polar surface area (TPSA) is 0 Å². The third-order valence-electron chi connectivity index (χ3n) is 0. The van der Waals surface area contributed by atoms with Gasteiger partial charge in [-0.3, -0.25) is 0 Å². The molecule has 0 aliphatic carbocycles. The minimum absolute atomic E-state index is 0. The van der Waals surface area contributed by atoms with Gasteiger partial charge < -0.3 is 0 Å². The summed E-state index contributed by atoms with van der Waals surface area (Å²) in [5.41, 5.74) is 0. The van der Waals surface area contributed by atoms with E-state index in [1.165, 1.54) is 0 Å². The van der Waals surface area contributed by atoms with Crippen LogP contribution in [0.1, 0.15) is 0 Å². The van der Waals surface area contributed by atoms with Crippen molar-refractivity contribution in [2.75, 3.05) is 0 Å². The summed E-state index contributed by atoms with van der Waals surface area (Å²) < 4.78 is 0. The van der Waals surface area contributed by atoms with Crippen LogP contribution in [0.4, 0.5) is 0 Å². The summed E-state index contributed by atoms with van der Waals surface area (Å²) in [7, 11) is 0. The van der Waals surface area contributed by atoms with E-state index < -0.39 is 0 Å². The monoisotopic (exact) mass is 184 g/mol. The predicted octanol–water partition coefficient (Wildman–Crippen LogP) is -2.64. The molecule has 0 amide bonds. The van der Waals surface area contributed by atoms with Crippen LogP contribution in [-0.4, -0.2) is 28.3 Å². The Hall–Kier alpha value is 1.78. The van der Waals surface area contributed by atoms with Gasteiger partial charge in [-0.1, -0.05) is 0 Å². The van der Waals surface area contributed by atoms with Gasteiger partial charge in [0.2, 0.25) is 0 Å². The Bertz CT molecular complexity index is 8.00. The fourth-order valence-corrected chi connectivity index (χ4v) is 0. The van der Waals surface area contributed by atoms with Gasteiger partial charge >= 0.3 is 0 Å². The summed E-state index contributed by atoms with van der Waals surface area (Å²) >= 11 is 0. The van der Waals surface area contributed by atoms with Gasteiger partial charge in [0.25, 0.3) is 0 Å². The van der Waals surface area contributed by atoms with Gasteiger partial charge in [0.1, 0.15) is 0 Å². The molecule has 34 valence electrons. The third kappa shape index (κ3) is 9.23. The van der Waals surface area contributed by atoms with E-state index in [0.29, 0.717) is 0 Å². The van der Waals surface area contributed by atoms with Crippen LogP contribution in [-0.2, 0) is 33.8 Å². The van der Waals surface area contributed by atoms with E-state index >= 15 is 0 Å². The van der Waals surface area contributed by atoms with Gasteiger partial charge in [-0.05, 0) is 11.0 Å². The second kappa shape index (κ2) is 21.6. The zero-order valence-electron chi connectivity index (χ0n) is 0.635. The Morgan fingerprint density at radius 2 is 1.00 bits per heavy atom. The smallest absolute Gasteiger partial charge is 0.0149 e. The summed E-state index contributed by atoms with van der Waals surface area (Å²) in [5, 5.41) is 0. The van der Waals surface area contributed by atoms with Gasteiger partial charge in [-0.2, -0.15) is 0 Å². The number of hydrogen-bond donors (Lipinski definition) is 0. The van der Waals surface area contributed by atoms with Crippen molar-refractivity contribution < 1.29 is 33.8 Å². The zero-order chi connectivity index (χ0) is 0. The molecule has 0 saturated heterocycles. The minimum atomic E-state index is 0. The average Bonchev–Trinajstić information content (AvgIpc) is 0.